The fraction of sp³-hybridized carbons (Fsp3) is 1.00. The van der Waals surface area contributed by atoms with Crippen molar-refractivity contribution in [2.75, 3.05) is 13.2 Å². The Balaban J connectivity index is 0.000000320. The van der Waals surface area contributed by atoms with Gasteiger partial charge in [0.15, 0.2) is 0 Å². The van der Waals surface area contributed by atoms with Gasteiger partial charge in [-0.1, -0.05) is 0 Å². The Hall–Kier alpha value is 0.210. The molecule has 0 aromatic rings. The summed E-state index contributed by atoms with van der Waals surface area (Å²) in [6, 6.07) is 0.730. The lowest BCUT2D eigenvalue weighted by molar-refractivity contribution is 0.0922. The van der Waals surface area contributed by atoms with Crippen molar-refractivity contribution in [3.63, 3.8) is 0 Å². The summed E-state index contributed by atoms with van der Waals surface area (Å²) >= 11 is 0. The molecule has 2 aliphatic rings. The van der Waals surface area contributed by atoms with Gasteiger partial charge in [-0.3, -0.25) is 0 Å². The lowest BCUT2D eigenvalue weighted by Gasteiger charge is -2.09. The molecule has 0 radical (unpaired) electrons. The first-order chi connectivity index (χ1) is 3.47. The number of hydrogen-bond acceptors (Lipinski definition) is 2. The number of nitrogens with one attached hydrogen (secondary N) is 1. The molecule has 0 amide bonds. The fourth-order valence-electron chi connectivity index (χ4n) is 1.03. The van der Waals surface area contributed by atoms with Gasteiger partial charge in [0.25, 0.3) is 0 Å². The van der Waals surface area contributed by atoms with Gasteiger partial charge in [-0.15, -0.1) is 12.4 Å². The molecule has 8 heavy (non-hydrogen) atoms. The molecule has 1 N–H and O–H groups in total. The SMILES string of the molecule is C1COC2CC2N1.Cl. The van der Waals surface area contributed by atoms with Crippen molar-refractivity contribution in [3.8, 4) is 0 Å². The van der Waals surface area contributed by atoms with E-state index in [-0.39, 0.29) is 12.4 Å². The molecule has 2 atom stereocenters. The van der Waals surface area contributed by atoms with Crippen LogP contribution in [0.3, 0.4) is 0 Å². The van der Waals surface area contributed by atoms with E-state index in [1.807, 2.05) is 0 Å². The van der Waals surface area contributed by atoms with Crippen LogP contribution in [0.15, 0.2) is 0 Å². The Kier molecular flexibility index (Phi) is 1.75. The van der Waals surface area contributed by atoms with Crippen LogP contribution in [0.25, 0.3) is 0 Å². The van der Waals surface area contributed by atoms with Crippen LogP contribution in [0.1, 0.15) is 6.42 Å². The molecule has 2 unspecified atom stereocenters. The maximum absolute atomic E-state index is 5.29. The molecule has 2 nitrogen and oxygen atoms in total. The fourth-order valence-corrected chi connectivity index (χ4v) is 1.03. The van der Waals surface area contributed by atoms with Gasteiger partial charge >= 0.3 is 0 Å². The van der Waals surface area contributed by atoms with Crippen molar-refractivity contribution in [3.05, 3.63) is 0 Å². The van der Waals surface area contributed by atoms with Crippen molar-refractivity contribution in [1.82, 2.24) is 5.32 Å². The second-order valence-corrected chi connectivity index (χ2v) is 2.21. The molecule has 0 bridgehead atoms. The zero-order valence-corrected chi connectivity index (χ0v) is 5.41. The van der Waals surface area contributed by atoms with Crippen molar-refractivity contribution in [2.45, 2.75) is 18.6 Å². The molecule has 1 saturated carbocycles. The Labute approximate surface area is 55.0 Å². The van der Waals surface area contributed by atoms with E-state index in [2.05, 4.69) is 5.32 Å². The summed E-state index contributed by atoms with van der Waals surface area (Å²) in [6.07, 6.45) is 1.84. The molecule has 0 spiro atoms. The van der Waals surface area contributed by atoms with Crippen LogP contribution in [0.2, 0.25) is 0 Å². The van der Waals surface area contributed by atoms with Crippen LogP contribution in [-0.4, -0.2) is 25.3 Å². The predicted octanol–water partition coefficient (Wildman–Crippen LogP) is 0.169. The van der Waals surface area contributed by atoms with Gasteiger partial charge in [0, 0.05) is 12.6 Å². The van der Waals surface area contributed by atoms with Crippen molar-refractivity contribution >= 4 is 12.4 Å². The third kappa shape index (κ3) is 0.966. The first-order valence-electron chi connectivity index (χ1n) is 2.82. The van der Waals surface area contributed by atoms with Crippen molar-refractivity contribution in [2.24, 2.45) is 0 Å². The van der Waals surface area contributed by atoms with Gasteiger partial charge in [0.05, 0.1) is 12.7 Å². The molecule has 2 fully saturated rings. The molecule has 0 aromatic carbocycles. The largest absolute Gasteiger partial charge is 0.375 e. The predicted molar refractivity (Wildman–Crippen MR) is 33.4 cm³/mol. The smallest absolute Gasteiger partial charge is 0.0745 e. The Bertz CT molecular complexity index is 78.5. The van der Waals surface area contributed by atoms with E-state index in [0.29, 0.717) is 6.10 Å². The molecular formula is C5H10ClNO. The highest BCUT2D eigenvalue weighted by molar-refractivity contribution is 5.85. The summed E-state index contributed by atoms with van der Waals surface area (Å²) in [6.45, 7) is 1.97. The molecule has 1 heterocycles. The number of morpholine rings is 1. The molecule has 48 valence electrons. The molecule has 3 heteroatoms. The highest BCUT2D eigenvalue weighted by atomic mass is 35.5. The minimum Gasteiger partial charge on any atom is -0.375 e. The maximum Gasteiger partial charge on any atom is 0.0745 e. The van der Waals surface area contributed by atoms with Crippen LogP contribution >= 0.6 is 12.4 Å². The van der Waals surface area contributed by atoms with Gasteiger partial charge in [0.1, 0.15) is 0 Å². The first kappa shape index (κ1) is 6.33. The summed E-state index contributed by atoms with van der Waals surface area (Å²) in [4.78, 5) is 0. The normalized spacial score (nSPS) is 42.0. The Morgan fingerprint density at radius 2 is 2.38 bits per heavy atom. The average Bonchev–Trinajstić information content (AvgIpc) is 2.41. The van der Waals surface area contributed by atoms with E-state index in [1.165, 1.54) is 6.42 Å². The van der Waals surface area contributed by atoms with Crippen molar-refractivity contribution < 1.29 is 4.74 Å². The minimum atomic E-state index is 0. The number of fused-ring (bicyclic) bond motifs is 1. The highest BCUT2D eigenvalue weighted by Crippen LogP contribution is 2.26. The summed E-state index contributed by atoms with van der Waals surface area (Å²) in [5.41, 5.74) is 0. The van der Waals surface area contributed by atoms with E-state index in [0.717, 1.165) is 19.2 Å². The van der Waals surface area contributed by atoms with Crippen LogP contribution in [0, 0.1) is 0 Å². The van der Waals surface area contributed by atoms with E-state index in [9.17, 15) is 0 Å². The molecular weight excluding hydrogens is 126 g/mol. The lowest BCUT2D eigenvalue weighted by atomic mass is 10.5. The second-order valence-electron chi connectivity index (χ2n) is 2.21. The minimum absolute atomic E-state index is 0. The van der Waals surface area contributed by atoms with E-state index in [4.69, 9.17) is 4.74 Å². The highest BCUT2D eigenvalue weighted by Gasteiger charge is 2.39. The number of halogens is 1. The molecule has 1 saturated heterocycles. The Morgan fingerprint density at radius 1 is 1.50 bits per heavy atom. The average molecular weight is 136 g/mol. The third-order valence-electron chi connectivity index (χ3n) is 1.57. The van der Waals surface area contributed by atoms with Gasteiger partial charge in [-0.05, 0) is 6.42 Å². The number of hydrogen-bond donors (Lipinski definition) is 1. The topological polar surface area (TPSA) is 21.3 Å². The monoisotopic (exact) mass is 135 g/mol. The summed E-state index contributed by atoms with van der Waals surface area (Å²) in [5.74, 6) is 0. The van der Waals surface area contributed by atoms with E-state index >= 15 is 0 Å². The summed E-state index contributed by atoms with van der Waals surface area (Å²) < 4.78 is 5.29. The van der Waals surface area contributed by atoms with E-state index < -0.39 is 0 Å². The van der Waals surface area contributed by atoms with Crippen LogP contribution in [0.5, 0.6) is 0 Å². The zero-order chi connectivity index (χ0) is 4.69. The third-order valence-corrected chi connectivity index (χ3v) is 1.57. The zero-order valence-electron chi connectivity index (χ0n) is 4.59. The van der Waals surface area contributed by atoms with E-state index in [1.54, 1.807) is 0 Å². The number of rotatable bonds is 0. The molecule has 2 rings (SSSR count). The second kappa shape index (κ2) is 2.21. The van der Waals surface area contributed by atoms with Crippen LogP contribution in [-0.2, 0) is 4.74 Å². The Morgan fingerprint density at radius 3 is 2.88 bits per heavy atom. The molecule has 1 aliphatic carbocycles. The van der Waals surface area contributed by atoms with Crippen LogP contribution in [0.4, 0.5) is 0 Å². The quantitative estimate of drug-likeness (QED) is 0.511. The molecule has 0 aromatic heterocycles. The van der Waals surface area contributed by atoms with Gasteiger partial charge in [0.2, 0.25) is 0 Å². The standard InChI is InChI=1S/C5H9NO.ClH/c1-2-7-5-3-4(5)6-1;/h4-6H,1-3H2;1H. The first-order valence-corrected chi connectivity index (χ1v) is 2.82. The van der Waals surface area contributed by atoms with Gasteiger partial charge < -0.3 is 10.1 Å². The summed E-state index contributed by atoms with van der Waals surface area (Å²) in [5, 5.41) is 3.33. The number of ether oxygens (including phenoxy) is 1. The van der Waals surface area contributed by atoms with Crippen LogP contribution < -0.4 is 5.32 Å². The van der Waals surface area contributed by atoms with Crippen molar-refractivity contribution in [1.29, 1.82) is 0 Å². The maximum atomic E-state index is 5.29. The lowest BCUT2D eigenvalue weighted by Crippen LogP contribution is -2.30. The van der Waals surface area contributed by atoms with Gasteiger partial charge in [-0.2, -0.15) is 0 Å². The summed E-state index contributed by atoms with van der Waals surface area (Å²) in [7, 11) is 0. The molecule has 1 aliphatic heterocycles. The van der Waals surface area contributed by atoms with Gasteiger partial charge in [-0.25, -0.2) is 0 Å².